The minimum atomic E-state index is -0.507. The maximum absolute atomic E-state index is 10.8. The van der Waals surface area contributed by atoms with Crippen LogP contribution in [0.5, 0.6) is 5.75 Å². The molecule has 2 atom stereocenters. The van der Waals surface area contributed by atoms with Crippen molar-refractivity contribution in [2.24, 2.45) is 0 Å². The van der Waals surface area contributed by atoms with Crippen molar-refractivity contribution in [3.8, 4) is 5.75 Å². The van der Waals surface area contributed by atoms with E-state index in [1.54, 1.807) is 0 Å². The third-order valence-electron chi connectivity index (χ3n) is 6.53. The lowest BCUT2D eigenvalue weighted by atomic mass is 9.81. The van der Waals surface area contributed by atoms with E-state index in [0.717, 1.165) is 48.2 Å². The van der Waals surface area contributed by atoms with Crippen molar-refractivity contribution < 1.29 is 14.9 Å². The minimum Gasteiger partial charge on any atom is -0.487 e. The third-order valence-corrected chi connectivity index (χ3v) is 6.53. The minimum absolute atomic E-state index is 0.293. The summed E-state index contributed by atoms with van der Waals surface area (Å²) in [6.07, 6.45) is 1.40. The van der Waals surface area contributed by atoms with Gasteiger partial charge in [-0.3, -0.25) is 0 Å². The normalized spacial score (nSPS) is 22.2. The number of para-hydroxylation sites is 1. The summed E-state index contributed by atoms with van der Waals surface area (Å²) in [6.45, 7) is 2.34. The number of likely N-dealkylation sites (tertiary alicyclic amines) is 1. The Hall–Kier alpha value is -2.40. The fourth-order valence-corrected chi connectivity index (χ4v) is 4.80. The zero-order valence-corrected chi connectivity index (χ0v) is 16.5. The highest BCUT2D eigenvalue weighted by Crippen LogP contribution is 2.44. The van der Waals surface area contributed by atoms with E-state index in [2.05, 4.69) is 29.2 Å². The molecule has 1 saturated heterocycles. The zero-order chi connectivity index (χ0) is 19.8. The van der Waals surface area contributed by atoms with Crippen LogP contribution in [-0.2, 0) is 0 Å². The molecular formula is C25H27NO3. The highest BCUT2D eigenvalue weighted by atomic mass is 16.5. The number of hydrogen-bond donors (Lipinski definition) is 2. The molecule has 3 aromatic carbocycles. The molecule has 29 heavy (non-hydrogen) atoms. The first-order valence-corrected chi connectivity index (χ1v) is 10.5. The number of aliphatic hydroxyl groups excluding tert-OH is 2. The molecule has 0 aromatic heterocycles. The quantitative estimate of drug-likeness (QED) is 0.704. The van der Waals surface area contributed by atoms with E-state index < -0.39 is 12.2 Å². The topological polar surface area (TPSA) is 52.9 Å². The number of piperidine rings is 1. The average molecular weight is 389 g/mol. The van der Waals surface area contributed by atoms with Crippen molar-refractivity contribution in [2.75, 3.05) is 19.6 Å². The monoisotopic (exact) mass is 389 g/mol. The predicted octanol–water partition coefficient (Wildman–Crippen LogP) is 4.22. The molecule has 2 N–H and O–H groups in total. The van der Waals surface area contributed by atoms with Crippen molar-refractivity contribution in [1.82, 2.24) is 4.90 Å². The maximum atomic E-state index is 10.8. The Morgan fingerprint density at radius 2 is 1.69 bits per heavy atom. The van der Waals surface area contributed by atoms with Crippen molar-refractivity contribution in [3.63, 3.8) is 0 Å². The number of rotatable bonds is 3. The Morgan fingerprint density at radius 3 is 2.52 bits per heavy atom. The Bertz CT molecular complexity index is 1010. The van der Waals surface area contributed by atoms with Crippen LogP contribution in [0.25, 0.3) is 10.8 Å². The first kappa shape index (κ1) is 18.6. The molecule has 2 aliphatic heterocycles. The Balaban J connectivity index is 1.24. The lowest BCUT2D eigenvalue weighted by molar-refractivity contribution is -0.0587. The molecule has 0 unspecified atom stereocenters. The summed E-state index contributed by atoms with van der Waals surface area (Å²) >= 11 is 0. The van der Waals surface area contributed by atoms with Gasteiger partial charge in [-0.05, 0) is 41.3 Å². The van der Waals surface area contributed by atoms with Crippen LogP contribution in [0.1, 0.15) is 42.6 Å². The Labute approximate surface area is 171 Å². The number of nitrogens with zero attached hydrogens (tertiary/aromatic N) is 1. The van der Waals surface area contributed by atoms with Gasteiger partial charge in [-0.25, -0.2) is 0 Å². The predicted molar refractivity (Wildman–Crippen MR) is 114 cm³/mol. The molecule has 0 saturated carbocycles. The number of fused-ring (bicyclic) bond motifs is 2. The highest BCUT2D eigenvalue weighted by Gasteiger charge is 2.42. The molecule has 0 amide bonds. The molecule has 0 aliphatic carbocycles. The van der Waals surface area contributed by atoms with Gasteiger partial charge in [-0.15, -0.1) is 0 Å². The molecule has 5 rings (SSSR count). The fourth-order valence-electron chi connectivity index (χ4n) is 4.80. The van der Waals surface area contributed by atoms with Crippen LogP contribution >= 0.6 is 0 Å². The van der Waals surface area contributed by atoms with Crippen LogP contribution in [0.4, 0.5) is 0 Å². The van der Waals surface area contributed by atoms with Crippen molar-refractivity contribution >= 4 is 10.8 Å². The van der Waals surface area contributed by atoms with E-state index in [1.807, 2.05) is 42.5 Å². The Kier molecular flexibility index (Phi) is 4.78. The standard InChI is InChI=1S/C25H27NO3/c27-22-16-25(29-24-8-4-3-7-21(22)24)11-13-26(14-12-25)17-23(28)20-10-9-18-5-1-2-6-19(18)15-20/h1-10,15,22-23,27-28H,11-14,16-17H2/t22-,23+/m1/s1. The van der Waals surface area contributed by atoms with E-state index in [-0.39, 0.29) is 5.60 Å². The molecule has 2 heterocycles. The van der Waals surface area contributed by atoms with E-state index in [0.29, 0.717) is 13.0 Å². The molecule has 3 aromatic rings. The van der Waals surface area contributed by atoms with Gasteiger partial charge in [0, 0.05) is 31.6 Å². The van der Waals surface area contributed by atoms with E-state index >= 15 is 0 Å². The largest absolute Gasteiger partial charge is 0.487 e. The van der Waals surface area contributed by atoms with Gasteiger partial charge >= 0.3 is 0 Å². The molecular weight excluding hydrogens is 362 g/mol. The van der Waals surface area contributed by atoms with Gasteiger partial charge in [0.05, 0.1) is 12.2 Å². The number of β-amino-alcohol motifs (C(OH)–C–C–N with tert-alkyl or cyclic N) is 1. The average Bonchev–Trinajstić information content (AvgIpc) is 2.75. The molecule has 150 valence electrons. The lowest BCUT2D eigenvalue weighted by Crippen LogP contribution is -2.51. The van der Waals surface area contributed by atoms with Gasteiger partial charge in [0.1, 0.15) is 11.4 Å². The summed E-state index contributed by atoms with van der Waals surface area (Å²) in [7, 11) is 0. The number of ether oxygens (including phenoxy) is 1. The van der Waals surface area contributed by atoms with Gasteiger partial charge in [0.2, 0.25) is 0 Å². The molecule has 1 spiro atoms. The number of hydrogen-bond acceptors (Lipinski definition) is 4. The Morgan fingerprint density at radius 1 is 0.966 bits per heavy atom. The van der Waals surface area contributed by atoms with Crippen LogP contribution in [0.3, 0.4) is 0 Å². The zero-order valence-electron chi connectivity index (χ0n) is 16.5. The number of aliphatic hydroxyl groups is 2. The van der Waals surface area contributed by atoms with E-state index in [4.69, 9.17) is 4.74 Å². The van der Waals surface area contributed by atoms with Crippen molar-refractivity contribution in [3.05, 3.63) is 77.9 Å². The van der Waals surface area contributed by atoms with Gasteiger partial charge in [-0.1, -0.05) is 54.6 Å². The molecule has 4 nitrogen and oxygen atoms in total. The molecule has 1 fully saturated rings. The molecule has 0 radical (unpaired) electrons. The first-order chi connectivity index (χ1) is 14.1. The van der Waals surface area contributed by atoms with Crippen LogP contribution in [0, 0.1) is 0 Å². The van der Waals surface area contributed by atoms with Crippen LogP contribution in [0.15, 0.2) is 66.7 Å². The summed E-state index contributed by atoms with van der Waals surface area (Å²) in [6, 6.07) is 22.2. The molecule has 4 heteroatoms. The summed E-state index contributed by atoms with van der Waals surface area (Å²) in [5.74, 6) is 0.816. The van der Waals surface area contributed by atoms with Crippen molar-refractivity contribution in [2.45, 2.75) is 37.1 Å². The SMILES string of the molecule is O[C@@H]1CC2(CCN(C[C@H](O)c3ccc4ccccc4c3)CC2)Oc2ccccc21. The van der Waals surface area contributed by atoms with Gasteiger partial charge in [-0.2, -0.15) is 0 Å². The second-order valence-electron chi connectivity index (χ2n) is 8.47. The second-order valence-corrected chi connectivity index (χ2v) is 8.47. The van der Waals surface area contributed by atoms with E-state index in [9.17, 15) is 10.2 Å². The third kappa shape index (κ3) is 3.64. The first-order valence-electron chi connectivity index (χ1n) is 10.5. The van der Waals surface area contributed by atoms with Crippen molar-refractivity contribution in [1.29, 1.82) is 0 Å². The second kappa shape index (κ2) is 7.45. The van der Waals surface area contributed by atoms with E-state index in [1.165, 1.54) is 5.39 Å². The summed E-state index contributed by atoms with van der Waals surface area (Å²) in [5.41, 5.74) is 1.56. The van der Waals surface area contributed by atoms with Gasteiger partial charge in [0.15, 0.2) is 0 Å². The maximum Gasteiger partial charge on any atom is 0.125 e. The van der Waals surface area contributed by atoms with Crippen LogP contribution in [0.2, 0.25) is 0 Å². The fraction of sp³-hybridized carbons (Fsp3) is 0.360. The summed E-state index contributed by atoms with van der Waals surface area (Å²) in [5, 5.41) is 23.7. The highest BCUT2D eigenvalue weighted by molar-refractivity contribution is 5.83. The smallest absolute Gasteiger partial charge is 0.125 e. The summed E-state index contributed by atoms with van der Waals surface area (Å²) < 4.78 is 6.37. The molecule has 0 bridgehead atoms. The molecule has 2 aliphatic rings. The van der Waals surface area contributed by atoms with Crippen LogP contribution < -0.4 is 4.74 Å². The van der Waals surface area contributed by atoms with Gasteiger partial charge in [0.25, 0.3) is 0 Å². The summed E-state index contributed by atoms with van der Waals surface area (Å²) in [4.78, 5) is 2.31. The van der Waals surface area contributed by atoms with Gasteiger partial charge < -0.3 is 19.8 Å². The number of benzene rings is 3. The lowest BCUT2D eigenvalue weighted by Gasteiger charge is -2.46. The van der Waals surface area contributed by atoms with Crippen LogP contribution in [-0.4, -0.2) is 40.3 Å².